The Bertz CT molecular complexity index is 1750. The Morgan fingerprint density at radius 1 is 1.23 bits per heavy atom. The number of benzene rings is 2. The van der Waals surface area contributed by atoms with E-state index in [1.54, 1.807) is 12.1 Å². The monoisotopic (exact) mass is 610 g/mol. The normalized spacial score (nSPS) is 16.4. The van der Waals surface area contributed by atoms with Crippen molar-refractivity contribution in [3.8, 4) is 22.5 Å². The van der Waals surface area contributed by atoms with Crippen LogP contribution in [0.5, 0.6) is 0 Å². The number of thiazole rings is 1. The lowest BCUT2D eigenvalue weighted by molar-refractivity contribution is -0.302. The maximum absolute atomic E-state index is 13.7. The van der Waals surface area contributed by atoms with Crippen LogP contribution < -0.4 is 21.7 Å². The molecular formula is C21H24N9O7S3-. The number of nitrogens with two attached hydrogens (primary N) is 3. The number of carbonyl (C=O) groups excluding carboxylic acids is 1. The molecule has 0 saturated carbocycles. The third-order valence-corrected chi connectivity index (χ3v) is 9.56. The number of morpholine rings is 1. The van der Waals surface area contributed by atoms with E-state index in [1.165, 1.54) is 23.5 Å². The fourth-order valence-electron chi connectivity index (χ4n) is 4.14. The standard InChI is InChI=1S/C19H21N9O5S3.C2H4O2/c20-8-10-9-28(6-7-33-10)36(31,32)14-5-4-11(12-2-1-3-13-16(12)23-19(21)34-13)15(17(14)35(22,29)30)18-24-26-27-25-18;1-2(3)4/h1-5,10H,6-9,20H2,(H2,21,23)(H2,22,29,30)(H,24,25,26,27);1H3,(H,3,4)/p-1. The number of anilines is 1. The lowest BCUT2D eigenvalue weighted by Crippen LogP contribution is -2.48. The first-order valence-corrected chi connectivity index (χ1v) is 15.2. The molecule has 5 rings (SSSR count). The van der Waals surface area contributed by atoms with Crippen molar-refractivity contribution in [3.63, 3.8) is 0 Å². The Labute approximate surface area is 232 Å². The molecule has 0 amide bonds. The van der Waals surface area contributed by atoms with Crippen molar-refractivity contribution < 1.29 is 31.5 Å². The van der Waals surface area contributed by atoms with Gasteiger partial charge >= 0.3 is 0 Å². The average Bonchev–Trinajstić information content (AvgIpc) is 3.56. The molecule has 1 aliphatic rings. The van der Waals surface area contributed by atoms with Crippen molar-refractivity contribution >= 4 is 52.7 Å². The molecule has 0 bridgehead atoms. The summed E-state index contributed by atoms with van der Waals surface area (Å²) in [6, 6.07) is 7.94. The number of carbonyl (C=O) groups is 1. The molecule has 4 aromatic rings. The minimum atomic E-state index is -4.64. The van der Waals surface area contributed by atoms with Crippen LogP contribution in [0.4, 0.5) is 5.13 Å². The van der Waals surface area contributed by atoms with Gasteiger partial charge in [-0.05, 0) is 29.8 Å². The number of aromatic nitrogens is 5. The number of hydrogen-bond acceptors (Lipinski definition) is 14. The summed E-state index contributed by atoms with van der Waals surface area (Å²) in [5.41, 5.74) is 12.7. The van der Waals surface area contributed by atoms with Crippen LogP contribution in [0.1, 0.15) is 6.92 Å². The minimum Gasteiger partial charge on any atom is -0.550 e. The average molecular weight is 611 g/mol. The highest BCUT2D eigenvalue weighted by Crippen LogP contribution is 2.42. The van der Waals surface area contributed by atoms with Gasteiger partial charge in [-0.15, -0.1) is 10.2 Å². The van der Waals surface area contributed by atoms with Crippen molar-refractivity contribution in [1.29, 1.82) is 0 Å². The van der Waals surface area contributed by atoms with E-state index in [0.717, 1.165) is 15.9 Å². The number of carboxylic acids is 1. The smallest absolute Gasteiger partial charge is 0.244 e. The number of rotatable bonds is 6. The summed E-state index contributed by atoms with van der Waals surface area (Å²) in [7, 11) is -8.99. The lowest BCUT2D eigenvalue weighted by atomic mass is 9.98. The molecule has 16 nitrogen and oxygen atoms in total. The van der Waals surface area contributed by atoms with Crippen LogP contribution in [-0.4, -0.2) is 85.1 Å². The molecule has 0 spiro atoms. The topological polar surface area (TPSA) is 266 Å². The van der Waals surface area contributed by atoms with E-state index >= 15 is 0 Å². The summed E-state index contributed by atoms with van der Waals surface area (Å²) in [5, 5.41) is 28.5. The number of nitrogens with one attached hydrogen (secondary N) is 1. The summed E-state index contributed by atoms with van der Waals surface area (Å²) in [5.74, 6) is -1.24. The Morgan fingerprint density at radius 3 is 2.58 bits per heavy atom. The van der Waals surface area contributed by atoms with Crippen molar-refractivity contribution in [3.05, 3.63) is 30.3 Å². The molecule has 1 aliphatic heterocycles. The molecule has 19 heteroatoms. The largest absolute Gasteiger partial charge is 0.550 e. The third-order valence-electron chi connectivity index (χ3n) is 5.68. The summed E-state index contributed by atoms with van der Waals surface area (Å²) in [6.45, 7) is 1.15. The van der Waals surface area contributed by atoms with Crippen LogP contribution in [0.2, 0.25) is 0 Å². The van der Waals surface area contributed by atoms with Gasteiger partial charge in [0.2, 0.25) is 25.9 Å². The van der Waals surface area contributed by atoms with Gasteiger partial charge in [-0.1, -0.05) is 29.5 Å². The Morgan fingerprint density at radius 2 is 1.95 bits per heavy atom. The number of hydrogen-bond donors (Lipinski definition) is 4. The number of nitrogen functional groups attached to an aromatic ring is 1. The fourth-order valence-corrected chi connectivity index (χ4v) is 7.93. The molecule has 0 radical (unpaired) electrons. The minimum absolute atomic E-state index is 0.0135. The number of carboxylic acid groups (broad SMARTS) is 1. The number of tetrazole rings is 1. The quantitative estimate of drug-likeness (QED) is 0.193. The van der Waals surface area contributed by atoms with Crippen LogP contribution >= 0.6 is 11.3 Å². The Hall–Kier alpha value is -3.59. The van der Waals surface area contributed by atoms with E-state index in [4.69, 9.17) is 31.2 Å². The zero-order valence-electron chi connectivity index (χ0n) is 20.8. The molecule has 1 saturated heterocycles. The molecule has 1 fully saturated rings. The van der Waals surface area contributed by atoms with E-state index in [-0.39, 0.29) is 43.2 Å². The SMILES string of the molecule is CC(=O)[O-].NCC1CN(S(=O)(=O)c2ccc(-c3cccc4sc(N)nc34)c(-c3nn[nH]n3)c2S(N)(=O)=O)CCO1. The molecule has 2 aromatic heterocycles. The maximum atomic E-state index is 13.7. The zero-order chi connectivity index (χ0) is 29.2. The molecule has 1 unspecified atom stereocenters. The van der Waals surface area contributed by atoms with E-state index < -0.39 is 41.9 Å². The molecule has 7 N–H and O–H groups in total. The third kappa shape index (κ3) is 5.94. The number of fused-ring (bicyclic) bond motifs is 1. The van der Waals surface area contributed by atoms with Gasteiger partial charge < -0.3 is 26.1 Å². The van der Waals surface area contributed by atoms with Gasteiger partial charge in [-0.25, -0.2) is 27.0 Å². The first-order valence-electron chi connectivity index (χ1n) is 11.4. The van der Waals surface area contributed by atoms with Gasteiger partial charge in [0.1, 0.15) is 9.79 Å². The summed E-state index contributed by atoms with van der Waals surface area (Å²) >= 11 is 1.25. The second-order valence-electron chi connectivity index (χ2n) is 8.38. The number of H-pyrrole nitrogens is 1. The maximum Gasteiger partial charge on any atom is 0.244 e. The fraction of sp³-hybridized carbons (Fsp3) is 0.286. The van der Waals surface area contributed by atoms with Crippen LogP contribution in [-0.2, 0) is 29.6 Å². The highest BCUT2D eigenvalue weighted by molar-refractivity contribution is 7.92. The number of sulfonamides is 2. The number of aliphatic carboxylic acids is 1. The molecule has 1 atom stereocenters. The van der Waals surface area contributed by atoms with Gasteiger partial charge in [0.25, 0.3) is 0 Å². The van der Waals surface area contributed by atoms with Crippen LogP contribution in [0.25, 0.3) is 32.7 Å². The summed E-state index contributed by atoms with van der Waals surface area (Å²) in [6.07, 6.45) is -0.532. The highest BCUT2D eigenvalue weighted by Gasteiger charge is 2.37. The van der Waals surface area contributed by atoms with Crippen molar-refractivity contribution in [2.75, 3.05) is 32.0 Å². The van der Waals surface area contributed by atoms with Gasteiger partial charge in [0, 0.05) is 31.2 Å². The Kier molecular flexibility index (Phi) is 8.44. The number of primary sulfonamides is 1. The first-order chi connectivity index (χ1) is 18.8. The molecule has 2 aromatic carbocycles. The van der Waals surface area contributed by atoms with E-state index in [9.17, 15) is 16.8 Å². The lowest BCUT2D eigenvalue weighted by Gasteiger charge is -2.32. The van der Waals surface area contributed by atoms with Crippen molar-refractivity contribution in [2.45, 2.75) is 22.8 Å². The highest BCUT2D eigenvalue weighted by atomic mass is 32.2. The van der Waals surface area contributed by atoms with Crippen LogP contribution in [0.3, 0.4) is 0 Å². The van der Waals surface area contributed by atoms with Crippen molar-refractivity contribution in [1.82, 2.24) is 29.9 Å². The number of aromatic amines is 1. The second-order valence-corrected chi connectivity index (χ2v) is 12.9. The number of ether oxygens (including phenoxy) is 1. The summed E-state index contributed by atoms with van der Waals surface area (Å²) in [4.78, 5) is 12.1. The van der Waals surface area contributed by atoms with Crippen molar-refractivity contribution in [2.24, 2.45) is 10.9 Å². The first kappa shape index (κ1) is 29.4. The van der Waals surface area contributed by atoms with Gasteiger partial charge in [-0.3, -0.25) is 0 Å². The van der Waals surface area contributed by atoms with E-state index in [0.29, 0.717) is 16.2 Å². The second kappa shape index (κ2) is 11.5. The predicted molar refractivity (Wildman–Crippen MR) is 142 cm³/mol. The zero-order valence-corrected chi connectivity index (χ0v) is 23.3. The van der Waals surface area contributed by atoms with Gasteiger partial charge in [0.15, 0.2) is 5.13 Å². The summed E-state index contributed by atoms with van der Waals surface area (Å²) < 4.78 is 60.8. The van der Waals surface area contributed by atoms with Gasteiger partial charge in [0.05, 0.1) is 28.5 Å². The van der Waals surface area contributed by atoms with Gasteiger partial charge in [-0.2, -0.15) is 9.52 Å². The molecule has 40 heavy (non-hydrogen) atoms. The van der Waals surface area contributed by atoms with Crippen LogP contribution in [0, 0.1) is 0 Å². The number of para-hydroxylation sites is 1. The van der Waals surface area contributed by atoms with E-state index in [2.05, 4.69) is 25.6 Å². The Balaban J connectivity index is 0.000000867. The molecule has 3 heterocycles. The predicted octanol–water partition coefficient (Wildman–Crippen LogP) is -1.52. The molecular weight excluding hydrogens is 586 g/mol. The van der Waals surface area contributed by atoms with E-state index in [1.807, 2.05) is 6.07 Å². The molecule has 214 valence electrons. The molecule has 0 aliphatic carbocycles. The van der Waals surface area contributed by atoms with Crippen LogP contribution in [0.15, 0.2) is 40.1 Å². The number of nitrogens with zero attached hydrogens (tertiary/aromatic N) is 5.